The maximum atomic E-state index is 9.96. The molecule has 0 amide bonds. The molecule has 1 rings (SSSR count). The van der Waals surface area contributed by atoms with Crippen molar-refractivity contribution >= 4 is 0 Å². The molecule has 0 heterocycles. The molecule has 1 N–H and O–H groups in total. The highest BCUT2D eigenvalue weighted by Crippen LogP contribution is 2.39. The molecule has 0 spiro atoms. The van der Waals surface area contributed by atoms with Gasteiger partial charge in [-0.25, -0.2) is 0 Å². The van der Waals surface area contributed by atoms with E-state index in [0.717, 1.165) is 0 Å². The predicted molar refractivity (Wildman–Crippen MR) is 55.3 cm³/mol. The van der Waals surface area contributed by atoms with E-state index < -0.39 is 0 Å². The zero-order valence-corrected chi connectivity index (χ0v) is 8.77. The molecular formula is C12H20O. The van der Waals surface area contributed by atoms with Gasteiger partial charge >= 0.3 is 0 Å². The zero-order chi connectivity index (χ0) is 9.73. The summed E-state index contributed by atoms with van der Waals surface area (Å²) < 4.78 is 0. The van der Waals surface area contributed by atoms with Crippen LogP contribution >= 0.6 is 0 Å². The third kappa shape index (κ3) is 2.74. The van der Waals surface area contributed by atoms with Gasteiger partial charge in [0.05, 0.1) is 6.10 Å². The summed E-state index contributed by atoms with van der Waals surface area (Å²) in [6.45, 7) is 4.03. The normalized spacial score (nSPS) is 23.0. The Balaban J connectivity index is 2.49. The molecule has 0 saturated heterocycles. The lowest BCUT2D eigenvalue weighted by atomic mass is 9.71. The molecule has 1 atom stereocenters. The smallest absolute Gasteiger partial charge is 0.0702 e. The van der Waals surface area contributed by atoms with Crippen molar-refractivity contribution in [2.45, 2.75) is 58.5 Å². The van der Waals surface area contributed by atoms with E-state index in [1.165, 1.54) is 32.1 Å². The van der Waals surface area contributed by atoms with Crippen LogP contribution in [0, 0.1) is 17.3 Å². The van der Waals surface area contributed by atoms with Gasteiger partial charge in [-0.3, -0.25) is 0 Å². The molecule has 1 aliphatic rings. The van der Waals surface area contributed by atoms with Crippen molar-refractivity contribution in [1.82, 2.24) is 0 Å². The minimum Gasteiger partial charge on any atom is -0.392 e. The predicted octanol–water partition coefficient (Wildman–Crippen LogP) is 2.73. The second-order valence-corrected chi connectivity index (χ2v) is 4.36. The van der Waals surface area contributed by atoms with Gasteiger partial charge in [-0.1, -0.05) is 26.2 Å². The van der Waals surface area contributed by atoms with Crippen molar-refractivity contribution in [2.24, 2.45) is 5.41 Å². The summed E-state index contributed by atoms with van der Waals surface area (Å²) in [5, 5.41) is 9.96. The number of hydrogen-bond donors (Lipinski definition) is 1. The molecule has 13 heavy (non-hydrogen) atoms. The lowest BCUT2D eigenvalue weighted by Gasteiger charge is -2.37. The van der Waals surface area contributed by atoms with Gasteiger partial charge in [-0.15, -0.1) is 11.8 Å². The van der Waals surface area contributed by atoms with Crippen LogP contribution in [0.2, 0.25) is 0 Å². The van der Waals surface area contributed by atoms with Crippen LogP contribution in [0.3, 0.4) is 0 Å². The first-order chi connectivity index (χ1) is 6.19. The van der Waals surface area contributed by atoms with Crippen LogP contribution in [-0.4, -0.2) is 11.2 Å². The van der Waals surface area contributed by atoms with Gasteiger partial charge in [0, 0.05) is 6.42 Å². The third-order valence-corrected chi connectivity index (χ3v) is 3.27. The molecule has 1 nitrogen and oxygen atoms in total. The summed E-state index contributed by atoms with van der Waals surface area (Å²) in [4.78, 5) is 0. The van der Waals surface area contributed by atoms with E-state index in [9.17, 15) is 5.11 Å². The van der Waals surface area contributed by atoms with E-state index in [1.54, 1.807) is 0 Å². The van der Waals surface area contributed by atoms with Crippen molar-refractivity contribution in [3.8, 4) is 11.8 Å². The van der Waals surface area contributed by atoms with Gasteiger partial charge in [0.1, 0.15) is 0 Å². The van der Waals surface area contributed by atoms with Crippen molar-refractivity contribution in [3.05, 3.63) is 0 Å². The Kier molecular flexibility index (Phi) is 3.81. The second kappa shape index (κ2) is 4.67. The van der Waals surface area contributed by atoms with Crippen LogP contribution < -0.4 is 0 Å². The van der Waals surface area contributed by atoms with Crippen LogP contribution in [0.4, 0.5) is 0 Å². The highest BCUT2D eigenvalue weighted by molar-refractivity contribution is 5.00. The van der Waals surface area contributed by atoms with Crippen LogP contribution in [0.15, 0.2) is 0 Å². The van der Waals surface area contributed by atoms with Crippen LogP contribution in [0.1, 0.15) is 52.4 Å². The molecule has 0 aromatic rings. The Morgan fingerprint density at radius 1 is 1.31 bits per heavy atom. The van der Waals surface area contributed by atoms with Gasteiger partial charge in [0.2, 0.25) is 0 Å². The lowest BCUT2D eigenvalue weighted by Crippen LogP contribution is -2.34. The molecule has 1 saturated carbocycles. The van der Waals surface area contributed by atoms with Gasteiger partial charge in [-0.05, 0) is 25.2 Å². The monoisotopic (exact) mass is 180 g/mol. The molecular weight excluding hydrogens is 160 g/mol. The van der Waals surface area contributed by atoms with Crippen molar-refractivity contribution in [1.29, 1.82) is 0 Å². The fourth-order valence-corrected chi connectivity index (χ4v) is 2.14. The Morgan fingerprint density at radius 3 is 2.46 bits per heavy atom. The summed E-state index contributed by atoms with van der Waals surface area (Å²) in [6.07, 6.45) is 6.63. The Bertz CT molecular complexity index is 203. The molecule has 1 heteroatoms. The highest BCUT2D eigenvalue weighted by Gasteiger charge is 2.33. The average Bonchev–Trinajstić information content (AvgIpc) is 2.15. The Morgan fingerprint density at radius 2 is 1.92 bits per heavy atom. The zero-order valence-electron chi connectivity index (χ0n) is 8.77. The summed E-state index contributed by atoms with van der Waals surface area (Å²) in [5.41, 5.74) is 0.141. The average molecular weight is 180 g/mol. The van der Waals surface area contributed by atoms with Gasteiger partial charge in [0.25, 0.3) is 0 Å². The van der Waals surface area contributed by atoms with E-state index in [4.69, 9.17) is 0 Å². The quantitative estimate of drug-likeness (QED) is 0.648. The first-order valence-corrected chi connectivity index (χ1v) is 5.27. The molecule has 1 fully saturated rings. The van der Waals surface area contributed by atoms with E-state index in [2.05, 4.69) is 18.8 Å². The first-order valence-electron chi connectivity index (χ1n) is 5.27. The minimum absolute atomic E-state index is 0.141. The lowest BCUT2D eigenvalue weighted by molar-refractivity contribution is 0.0137. The summed E-state index contributed by atoms with van der Waals surface area (Å²) in [6, 6.07) is 0. The molecule has 0 radical (unpaired) electrons. The van der Waals surface area contributed by atoms with Gasteiger partial charge < -0.3 is 5.11 Å². The van der Waals surface area contributed by atoms with Crippen LogP contribution in [0.5, 0.6) is 0 Å². The number of aliphatic hydroxyl groups is 1. The SMILES string of the molecule is CC#CCC(O)C1(C)CCCCC1. The first kappa shape index (κ1) is 10.6. The Hall–Kier alpha value is -0.480. The molecule has 0 bridgehead atoms. The maximum Gasteiger partial charge on any atom is 0.0702 e. The van der Waals surface area contributed by atoms with E-state index in [1.807, 2.05) is 6.92 Å². The molecule has 1 aliphatic carbocycles. The summed E-state index contributed by atoms with van der Waals surface area (Å²) in [7, 11) is 0. The van der Waals surface area contributed by atoms with E-state index in [-0.39, 0.29) is 11.5 Å². The van der Waals surface area contributed by atoms with Crippen molar-refractivity contribution < 1.29 is 5.11 Å². The van der Waals surface area contributed by atoms with Gasteiger partial charge in [0.15, 0.2) is 0 Å². The third-order valence-electron chi connectivity index (χ3n) is 3.27. The van der Waals surface area contributed by atoms with Crippen molar-refractivity contribution in [3.63, 3.8) is 0 Å². The highest BCUT2D eigenvalue weighted by atomic mass is 16.3. The van der Waals surface area contributed by atoms with Crippen LogP contribution in [-0.2, 0) is 0 Å². The topological polar surface area (TPSA) is 20.2 Å². The Labute approximate surface area is 81.5 Å². The largest absolute Gasteiger partial charge is 0.392 e. The van der Waals surface area contributed by atoms with Crippen molar-refractivity contribution in [2.75, 3.05) is 0 Å². The second-order valence-electron chi connectivity index (χ2n) is 4.36. The summed E-state index contributed by atoms with van der Waals surface area (Å²) in [5.74, 6) is 5.82. The van der Waals surface area contributed by atoms with Crippen LogP contribution in [0.25, 0.3) is 0 Å². The fourth-order valence-electron chi connectivity index (χ4n) is 2.14. The maximum absolute atomic E-state index is 9.96. The molecule has 1 unspecified atom stereocenters. The standard InChI is InChI=1S/C12H20O/c1-3-4-8-11(13)12(2)9-6-5-7-10-12/h11,13H,5-10H2,1-2H3. The minimum atomic E-state index is -0.222. The molecule has 74 valence electrons. The number of aliphatic hydroxyl groups excluding tert-OH is 1. The van der Waals surface area contributed by atoms with E-state index in [0.29, 0.717) is 6.42 Å². The number of hydrogen-bond acceptors (Lipinski definition) is 1. The number of rotatable bonds is 2. The molecule has 0 aromatic heterocycles. The summed E-state index contributed by atoms with van der Waals surface area (Å²) >= 11 is 0. The van der Waals surface area contributed by atoms with E-state index >= 15 is 0 Å². The molecule has 0 aliphatic heterocycles. The molecule has 0 aromatic carbocycles. The van der Waals surface area contributed by atoms with Gasteiger partial charge in [-0.2, -0.15) is 0 Å². The fraction of sp³-hybridized carbons (Fsp3) is 0.833.